The molecule has 1 unspecified atom stereocenters. The number of benzene rings is 1. The van der Waals surface area contributed by atoms with Crippen molar-refractivity contribution in [3.8, 4) is 5.75 Å². The van der Waals surface area contributed by atoms with Gasteiger partial charge in [0.25, 0.3) is 0 Å². The first-order chi connectivity index (χ1) is 9.81. The van der Waals surface area contributed by atoms with Crippen molar-refractivity contribution in [2.75, 3.05) is 39.9 Å². The van der Waals surface area contributed by atoms with Gasteiger partial charge in [0.15, 0.2) is 0 Å². The Morgan fingerprint density at radius 2 is 2.30 bits per heavy atom. The van der Waals surface area contributed by atoms with Crippen molar-refractivity contribution < 1.29 is 9.47 Å². The molecule has 112 valence electrons. The van der Waals surface area contributed by atoms with Crippen molar-refractivity contribution in [1.29, 1.82) is 0 Å². The molecule has 1 fully saturated rings. The van der Waals surface area contributed by atoms with E-state index in [-0.39, 0.29) is 0 Å². The van der Waals surface area contributed by atoms with E-state index in [4.69, 9.17) is 9.47 Å². The van der Waals surface area contributed by atoms with Gasteiger partial charge in [-0.15, -0.1) is 0 Å². The number of nitrogens with zero attached hydrogens (tertiary/aromatic N) is 1. The summed E-state index contributed by atoms with van der Waals surface area (Å²) in [5.41, 5.74) is 1.27. The molecule has 1 aromatic carbocycles. The highest BCUT2D eigenvalue weighted by molar-refractivity contribution is 5.28. The number of nitrogens with one attached hydrogen (secondary N) is 1. The number of likely N-dealkylation sites (tertiary alicyclic amines) is 1. The second kappa shape index (κ2) is 8.25. The first kappa shape index (κ1) is 15.3. The summed E-state index contributed by atoms with van der Waals surface area (Å²) < 4.78 is 11.2. The third kappa shape index (κ3) is 4.78. The van der Waals surface area contributed by atoms with Gasteiger partial charge in [-0.2, -0.15) is 0 Å². The molecule has 4 nitrogen and oxygen atoms in total. The van der Waals surface area contributed by atoms with Crippen LogP contribution in [0.3, 0.4) is 0 Å². The molecule has 0 bridgehead atoms. The Labute approximate surface area is 122 Å². The van der Waals surface area contributed by atoms with Crippen molar-refractivity contribution >= 4 is 0 Å². The number of rotatable bonds is 8. The Morgan fingerprint density at radius 3 is 3.05 bits per heavy atom. The van der Waals surface area contributed by atoms with E-state index in [1.165, 1.54) is 5.56 Å². The highest BCUT2D eigenvalue weighted by atomic mass is 16.5. The molecule has 20 heavy (non-hydrogen) atoms. The van der Waals surface area contributed by atoms with Crippen LogP contribution in [0.15, 0.2) is 24.3 Å². The van der Waals surface area contributed by atoms with Crippen LogP contribution >= 0.6 is 0 Å². The van der Waals surface area contributed by atoms with Gasteiger partial charge >= 0.3 is 0 Å². The van der Waals surface area contributed by atoms with Crippen LogP contribution in [0.2, 0.25) is 0 Å². The molecule has 0 saturated carbocycles. The zero-order chi connectivity index (χ0) is 14.2. The van der Waals surface area contributed by atoms with Gasteiger partial charge in [0.2, 0.25) is 0 Å². The third-order valence-electron chi connectivity index (χ3n) is 3.72. The summed E-state index contributed by atoms with van der Waals surface area (Å²) in [5.74, 6) is 0.961. The van der Waals surface area contributed by atoms with Crippen LogP contribution < -0.4 is 10.1 Å². The maximum Gasteiger partial charge on any atom is 0.119 e. The molecule has 1 N–H and O–H groups in total. The maximum absolute atomic E-state index is 5.85. The van der Waals surface area contributed by atoms with Gasteiger partial charge in [-0.25, -0.2) is 0 Å². The predicted molar refractivity (Wildman–Crippen MR) is 81.2 cm³/mol. The van der Waals surface area contributed by atoms with E-state index >= 15 is 0 Å². The van der Waals surface area contributed by atoms with E-state index in [0.717, 1.165) is 51.5 Å². The van der Waals surface area contributed by atoms with Crippen LogP contribution in [0.5, 0.6) is 5.75 Å². The van der Waals surface area contributed by atoms with E-state index in [1.54, 1.807) is 7.11 Å². The lowest BCUT2D eigenvalue weighted by Gasteiger charge is -2.16. The lowest BCUT2D eigenvalue weighted by atomic mass is 10.2. The van der Waals surface area contributed by atoms with Crippen LogP contribution in [-0.4, -0.2) is 50.9 Å². The summed E-state index contributed by atoms with van der Waals surface area (Å²) in [5, 5.41) is 3.33. The summed E-state index contributed by atoms with van der Waals surface area (Å²) in [7, 11) is 1.79. The fraction of sp³-hybridized carbons (Fsp3) is 0.625. The van der Waals surface area contributed by atoms with Crippen molar-refractivity contribution in [3.05, 3.63) is 29.8 Å². The Hall–Kier alpha value is -1.10. The monoisotopic (exact) mass is 278 g/mol. The minimum absolute atomic E-state index is 0.401. The molecular formula is C16H26N2O2. The quantitative estimate of drug-likeness (QED) is 0.787. The molecule has 1 heterocycles. The van der Waals surface area contributed by atoms with Gasteiger partial charge in [-0.1, -0.05) is 19.1 Å². The van der Waals surface area contributed by atoms with Crippen LogP contribution in [-0.2, 0) is 11.3 Å². The SMILES string of the molecule is CCNCc1cccc(OCCN2CCC(OC)C2)c1. The molecule has 0 radical (unpaired) electrons. The summed E-state index contributed by atoms with van der Waals surface area (Å²) in [6, 6.07) is 8.32. The van der Waals surface area contributed by atoms with E-state index in [0.29, 0.717) is 6.10 Å². The molecular weight excluding hydrogens is 252 g/mol. The molecule has 4 heteroatoms. The smallest absolute Gasteiger partial charge is 0.119 e. The van der Waals surface area contributed by atoms with Gasteiger partial charge in [0, 0.05) is 33.3 Å². The Morgan fingerprint density at radius 1 is 1.40 bits per heavy atom. The van der Waals surface area contributed by atoms with Crippen LogP contribution in [0.1, 0.15) is 18.9 Å². The largest absolute Gasteiger partial charge is 0.492 e. The Balaban J connectivity index is 1.71. The van der Waals surface area contributed by atoms with Crippen LogP contribution in [0, 0.1) is 0 Å². The fourth-order valence-electron chi connectivity index (χ4n) is 2.50. The number of hydrogen-bond acceptors (Lipinski definition) is 4. The average Bonchev–Trinajstić information content (AvgIpc) is 2.93. The highest BCUT2D eigenvalue weighted by Crippen LogP contribution is 2.14. The van der Waals surface area contributed by atoms with Crippen LogP contribution in [0.4, 0.5) is 0 Å². The number of hydrogen-bond donors (Lipinski definition) is 1. The Kier molecular flexibility index (Phi) is 6.30. The summed E-state index contributed by atoms with van der Waals surface area (Å²) in [6.45, 7) is 7.85. The molecule has 1 saturated heterocycles. The fourth-order valence-corrected chi connectivity index (χ4v) is 2.50. The maximum atomic E-state index is 5.85. The van der Waals surface area contributed by atoms with E-state index < -0.39 is 0 Å². The van der Waals surface area contributed by atoms with Gasteiger partial charge in [0.05, 0.1) is 6.10 Å². The van der Waals surface area contributed by atoms with Gasteiger partial charge in [0.1, 0.15) is 12.4 Å². The third-order valence-corrected chi connectivity index (χ3v) is 3.72. The molecule has 0 aromatic heterocycles. The highest BCUT2D eigenvalue weighted by Gasteiger charge is 2.21. The second-order valence-corrected chi connectivity index (χ2v) is 5.22. The van der Waals surface area contributed by atoms with Crippen molar-refractivity contribution in [2.24, 2.45) is 0 Å². The lowest BCUT2D eigenvalue weighted by molar-refractivity contribution is 0.106. The second-order valence-electron chi connectivity index (χ2n) is 5.22. The molecule has 0 spiro atoms. The molecule has 0 amide bonds. The first-order valence-corrected chi connectivity index (χ1v) is 7.49. The lowest BCUT2D eigenvalue weighted by Crippen LogP contribution is -2.27. The minimum Gasteiger partial charge on any atom is -0.492 e. The van der Waals surface area contributed by atoms with Gasteiger partial charge < -0.3 is 14.8 Å². The number of methoxy groups -OCH3 is 1. The molecule has 1 aliphatic rings. The summed E-state index contributed by atoms with van der Waals surface area (Å²) in [6.07, 6.45) is 1.53. The van der Waals surface area contributed by atoms with Gasteiger partial charge in [-0.05, 0) is 30.7 Å². The van der Waals surface area contributed by atoms with Crippen molar-refractivity contribution in [2.45, 2.75) is 26.0 Å². The summed E-state index contributed by atoms with van der Waals surface area (Å²) >= 11 is 0. The van der Waals surface area contributed by atoms with E-state index in [2.05, 4.69) is 35.3 Å². The van der Waals surface area contributed by atoms with E-state index in [9.17, 15) is 0 Å². The number of ether oxygens (including phenoxy) is 2. The first-order valence-electron chi connectivity index (χ1n) is 7.49. The van der Waals surface area contributed by atoms with Crippen molar-refractivity contribution in [3.63, 3.8) is 0 Å². The van der Waals surface area contributed by atoms with Crippen molar-refractivity contribution in [1.82, 2.24) is 10.2 Å². The van der Waals surface area contributed by atoms with Gasteiger partial charge in [-0.3, -0.25) is 4.90 Å². The predicted octanol–water partition coefficient (Wildman–Crippen LogP) is 1.90. The van der Waals surface area contributed by atoms with E-state index in [1.807, 2.05) is 6.07 Å². The summed E-state index contributed by atoms with van der Waals surface area (Å²) in [4.78, 5) is 2.40. The normalized spacial score (nSPS) is 19.4. The molecule has 1 atom stereocenters. The standard InChI is InChI=1S/C16H26N2O2/c1-3-17-12-14-5-4-6-15(11-14)20-10-9-18-8-7-16(13-18)19-2/h4-6,11,16-17H,3,7-10,12-13H2,1-2H3. The topological polar surface area (TPSA) is 33.7 Å². The molecule has 1 aliphatic heterocycles. The molecule has 0 aliphatic carbocycles. The zero-order valence-electron chi connectivity index (χ0n) is 12.6. The van der Waals surface area contributed by atoms with Crippen LogP contribution in [0.25, 0.3) is 0 Å². The molecule has 2 rings (SSSR count). The minimum atomic E-state index is 0.401. The zero-order valence-corrected chi connectivity index (χ0v) is 12.6. The Bertz CT molecular complexity index is 398. The molecule has 1 aromatic rings. The average molecular weight is 278 g/mol.